The van der Waals surface area contributed by atoms with Crippen LogP contribution in [0.5, 0.6) is 0 Å². The van der Waals surface area contributed by atoms with Crippen molar-refractivity contribution in [3.8, 4) is 0 Å². The average molecular weight is 543 g/mol. The van der Waals surface area contributed by atoms with Crippen LogP contribution in [0.2, 0.25) is 0 Å². The summed E-state index contributed by atoms with van der Waals surface area (Å²) in [6.45, 7) is 4.37. The number of amides is 4. The molecule has 0 aliphatic carbocycles. The molecule has 0 unspecified atom stereocenters. The summed E-state index contributed by atoms with van der Waals surface area (Å²) in [6.07, 6.45) is 2.19. The van der Waals surface area contributed by atoms with E-state index in [0.29, 0.717) is 48.2 Å². The number of benzene rings is 4. The molecule has 6 rings (SSSR count). The van der Waals surface area contributed by atoms with Crippen molar-refractivity contribution in [2.45, 2.75) is 33.1 Å². The minimum absolute atomic E-state index is 0.210. The maximum atomic E-state index is 12.5. The lowest BCUT2D eigenvalue weighted by atomic mass is 9.97. The molecule has 4 aromatic carbocycles. The van der Waals surface area contributed by atoms with Gasteiger partial charge in [0.15, 0.2) is 0 Å². The van der Waals surface area contributed by atoms with E-state index in [0.717, 1.165) is 28.7 Å². The number of rotatable bonds is 8. The quantitative estimate of drug-likeness (QED) is 0.268. The molecule has 6 heteroatoms. The van der Waals surface area contributed by atoms with Gasteiger partial charge in [0.2, 0.25) is 0 Å². The third kappa shape index (κ3) is 4.86. The zero-order valence-corrected chi connectivity index (χ0v) is 23.1. The Morgan fingerprint density at radius 1 is 0.390 bits per heavy atom. The number of carbonyl (C=O) groups excluding carboxylic acids is 4. The highest BCUT2D eigenvalue weighted by molar-refractivity contribution is 6.22. The van der Waals surface area contributed by atoms with Crippen LogP contribution in [0.1, 0.15) is 88.7 Å². The first-order chi connectivity index (χ1) is 19.9. The van der Waals surface area contributed by atoms with Crippen molar-refractivity contribution in [2.24, 2.45) is 0 Å². The topological polar surface area (TPSA) is 74.8 Å². The fourth-order valence-corrected chi connectivity index (χ4v) is 5.73. The number of hydrogen-bond donors (Lipinski definition) is 0. The smallest absolute Gasteiger partial charge is 0.261 e. The predicted octanol–water partition coefficient (Wildman–Crippen LogP) is 5.69. The van der Waals surface area contributed by atoms with Crippen LogP contribution in [-0.2, 0) is 19.3 Å². The minimum Gasteiger partial charge on any atom is -0.275 e. The van der Waals surface area contributed by atoms with E-state index in [2.05, 4.69) is 48.5 Å². The zero-order chi connectivity index (χ0) is 28.7. The van der Waals surface area contributed by atoms with E-state index in [1.165, 1.54) is 20.9 Å². The zero-order valence-electron chi connectivity index (χ0n) is 23.1. The first-order valence-corrected chi connectivity index (χ1v) is 14.0. The van der Waals surface area contributed by atoms with Crippen molar-refractivity contribution in [3.63, 3.8) is 0 Å². The molecule has 0 radical (unpaired) electrons. The van der Waals surface area contributed by atoms with Crippen LogP contribution in [-0.4, -0.2) is 46.5 Å². The summed E-state index contributed by atoms with van der Waals surface area (Å²) in [5.41, 5.74) is 8.69. The monoisotopic (exact) mass is 542 g/mol. The molecule has 0 N–H and O–H groups in total. The standard InChI is InChI=1S/C35H30N2O4/c1-3-36-32(38)28-15-13-26(20-30(28)34(36)40)18-24-9-5-22(6-10-24)17-23-7-11-25(12-8-23)19-27-14-16-29-31(21-27)35(41)37(4-2)33(29)39/h5-16,20-21H,3-4,17-19H2,1-2H3. The average Bonchev–Trinajstić information content (AvgIpc) is 3.37. The number of fused-ring (bicyclic) bond motifs is 2. The van der Waals surface area contributed by atoms with E-state index in [1.54, 1.807) is 12.1 Å². The van der Waals surface area contributed by atoms with Crippen molar-refractivity contribution in [3.05, 3.63) is 141 Å². The van der Waals surface area contributed by atoms with Crippen LogP contribution in [0.25, 0.3) is 0 Å². The second kappa shape index (κ2) is 10.6. The molecule has 0 bridgehead atoms. The molecule has 0 saturated heterocycles. The molecule has 204 valence electrons. The lowest BCUT2D eigenvalue weighted by Gasteiger charge is -2.09. The van der Waals surface area contributed by atoms with Gasteiger partial charge in [0.05, 0.1) is 22.3 Å². The molecule has 0 spiro atoms. The van der Waals surface area contributed by atoms with Crippen LogP contribution in [0, 0.1) is 0 Å². The maximum absolute atomic E-state index is 12.5. The van der Waals surface area contributed by atoms with Crippen LogP contribution in [0.3, 0.4) is 0 Å². The molecule has 2 aliphatic rings. The van der Waals surface area contributed by atoms with Gasteiger partial charge in [-0.1, -0.05) is 60.7 Å². The summed E-state index contributed by atoms with van der Waals surface area (Å²) in [6, 6.07) is 28.1. The molecule has 4 aromatic rings. The Hall–Kier alpha value is -4.84. The normalized spacial score (nSPS) is 14.2. The van der Waals surface area contributed by atoms with E-state index in [9.17, 15) is 19.2 Å². The van der Waals surface area contributed by atoms with E-state index >= 15 is 0 Å². The molecule has 0 aromatic heterocycles. The van der Waals surface area contributed by atoms with Gasteiger partial charge in [0, 0.05) is 13.1 Å². The first-order valence-electron chi connectivity index (χ1n) is 14.0. The Labute approximate surface area is 239 Å². The van der Waals surface area contributed by atoms with Gasteiger partial charge in [0.1, 0.15) is 0 Å². The Balaban J connectivity index is 1.08. The van der Waals surface area contributed by atoms with Gasteiger partial charge in [-0.15, -0.1) is 0 Å². The van der Waals surface area contributed by atoms with Gasteiger partial charge in [-0.2, -0.15) is 0 Å². The molecular weight excluding hydrogens is 512 g/mol. The first kappa shape index (κ1) is 26.4. The Morgan fingerprint density at radius 3 is 0.976 bits per heavy atom. The fraction of sp³-hybridized carbons (Fsp3) is 0.200. The highest BCUT2D eigenvalue weighted by atomic mass is 16.2. The van der Waals surface area contributed by atoms with E-state index in [1.807, 2.05) is 38.1 Å². The van der Waals surface area contributed by atoms with Crippen molar-refractivity contribution in [1.82, 2.24) is 9.80 Å². The van der Waals surface area contributed by atoms with Crippen molar-refractivity contribution in [1.29, 1.82) is 0 Å². The minimum atomic E-state index is -0.211. The van der Waals surface area contributed by atoms with Crippen LogP contribution < -0.4 is 0 Å². The number of imide groups is 2. The van der Waals surface area contributed by atoms with E-state index in [-0.39, 0.29) is 23.6 Å². The molecule has 41 heavy (non-hydrogen) atoms. The van der Waals surface area contributed by atoms with Crippen molar-refractivity contribution >= 4 is 23.6 Å². The van der Waals surface area contributed by atoms with Gasteiger partial charge in [-0.05, 0) is 90.8 Å². The number of hydrogen-bond acceptors (Lipinski definition) is 4. The molecule has 0 fully saturated rings. The van der Waals surface area contributed by atoms with Crippen molar-refractivity contribution < 1.29 is 19.2 Å². The summed E-state index contributed by atoms with van der Waals surface area (Å²) < 4.78 is 0. The second-order valence-electron chi connectivity index (χ2n) is 10.6. The summed E-state index contributed by atoms with van der Waals surface area (Å²) in [7, 11) is 0. The highest BCUT2D eigenvalue weighted by Crippen LogP contribution is 2.26. The Morgan fingerprint density at radius 2 is 0.659 bits per heavy atom. The van der Waals surface area contributed by atoms with E-state index in [4.69, 9.17) is 0 Å². The maximum Gasteiger partial charge on any atom is 0.261 e. The predicted molar refractivity (Wildman–Crippen MR) is 156 cm³/mol. The third-order valence-electron chi connectivity index (χ3n) is 7.97. The van der Waals surface area contributed by atoms with Crippen LogP contribution in [0.4, 0.5) is 0 Å². The molecule has 0 saturated carbocycles. The Bertz CT molecular complexity index is 1580. The second-order valence-corrected chi connectivity index (χ2v) is 10.6. The van der Waals surface area contributed by atoms with E-state index < -0.39 is 0 Å². The molecule has 6 nitrogen and oxygen atoms in total. The lowest BCUT2D eigenvalue weighted by molar-refractivity contribution is 0.0647. The molecule has 4 amide bonds. The van der Waals surface area contributed by atoms with Gasteiger partial charge < -0.3 is 0 Å². The number of nitrogens with zero attached hydrogens (tertiary/aromatic N) is 2. The van der Waals surface area contributed by atoms with Gasteiger partial charge in [-0.25, -0.2) is 0 Å². The summed E-state index contributed by atoms with van der Waals surface area (Å²) in [5, 5.41) is 0. The molecule has 2 heterocycles. The van der Waals surface area contributed by atoms with Gasteiger partial charge in [0.25, 0.3) is 23.6 Å². The largest absolute Gasteiger partial charge is 0.275 e. The summed E-state index contributed by atoms with van der Waals surface area (Å²) in [4.78, 5) is 52.4. The van der Waals surface area contributed by atoms with Crippen molar-refractivity contribution in [2.75, 3.05) is 13.1 Å². The SMILES string of the molecule is CCN1C(=O)c2ccc(Cc3ccc(Cc4ccc(Cc5ccc6c(c5)C(=O)N(CC)C6=O)cc4)cc3)cc2C1=O. The van der Waals surface area contributed by atoms with Gasteiger partial charge in [-0.3, -0.25) is 29.0 Å². The fourth-order valence-electron chi connectivity index (χ4n) is 5.73. The van der Waals surface area contributed by atoms with Crippen LogP contribution >= 0.6 is 0 Å². The molecule has 0 atom stereocenters. The number of carbonyl (C=O) groups is 4. The van der Waals surface area contributed by atoms with Crippen LogP contribution in [0.15, 0.2) is 84.9 Å². The molecule has 2 aliphatic heterocycles. The lowest BCUT2D eigenvalue weighted by Crippen LogP contribution is -2.29. The summed E-state index contributed by atoms with van der Waals surface area (Å²) in [5.74, 6) is -0.842. The van der Waals surface area contributed by atoms with Gasteiger partial charge >= 0.3 is 0 Å². The third-order valence-corrected chi connectivity index (χ3v) is 7.97. The molecular formula is C35H30N2O4. The summed E-state index contributed by atoms with van der Waals surface area (Å²) >= 11 is 0. The Kier molecular flexibility index (Phi) is 6.83. The highest BCUT2D eigenvalue weighted by Gasteiger charge is 2.35.